The molecule has 0 aliphatic heterocycles. The molecule has 3 heteroatoms. The Hall–Kier alpha value is -1.43. The Bertz CT molecular complexity index is 491. The summed E-state index contributed by atoms with van der Waals surface area (Å²) in [5, 5.41) is 9.27. The zero-order valence-electron chi connectivity index (χ0n) is 10.9. The van der Waals surface area contributed by atoms with Crippen LogP contribution in [0.1, 0.15) is 68.1 Å². The topological polar surface area (TPSA) is 49.6 Å². The molecular weight excluding hydrogens is 222 g/mol. The zero-order chi connectivity index (χ0) is 12.6. The summed E-state index contributed by atoms with van der Waals surface area (Å²) in [5.74, 6) is 1.37. The largest absolute Gasteiger partial charge is 0.236 e. The van der Waals surface area contributed by atoms with Crippen molar-refractivity contribution in [1.82, 2.24) is 9.97 Å². The molecule has 2 fully saturated rings. The number of hydrogen-bond donors (Lipinski definition) is 0. The van der Waals surface area contributed by atoms with Crippen molar-refractivity contribution in [1.29, 1.82) is 5.26 Å². The third kappa shape index (κ3) is 2.01. The quantitative estimate of drug-likeness (QED) is 0.797. The fraction of sp³-hybridized carbons (Fsp3) is 0.667. The van der Waals surface area contributed by atoms with Crippen molar-refractivity contribution in [3.05, 3.63) is 23.3 Å². The molecule has 0 unspecified atom stereocenters. The van der Waals surface area contributed by atoms with Gasteiger partial charge in [0.25, 0.3) is 0 Å². The first kappa shape index (κ1) is 11.6. The van der Waals surface area contributed by atoms with Gasteiger partial charge in [-0.05, 0) is 38.7 Å². The molecule has 1 heterocycles. The molecule has 0 aromatic carbocycles. The van der Waals surface area contributed by atoms with Gasteiger partial charge in [0, 0.05) is 17.3 Å². The standard InChI is InChI=1S/C15H19N3/c1-11-9-13(12-5-3-2-4-6-12)18-14(17-11)15(10-16)7-8-15/h9,12H,2-8H2,1H3. The number of aryl methyl sites for hydroxylation is 1. The Labute approximate surface area is 108 Å². The summed E-state index contributed by atoms with van der Waals surface area (Å²) >= 11 is 0. The lowest BCUT2D eigenvalue weighted by Gasteiger charge is -2.22. The van der Waals surface area contributed by atoms with Crippen LogP contribution < -0.4 is 0 Å². The molecule has 2 saturated carbocycles. The highest BCUT2D eigenvalue weighted by atomic mass is 14.9. The van der Waals surface area contributed by atoms with E-state index in [1.54, 1.807) is 0 Å². The van der Waals surface area contributed by atoms with Crippen molar-refractivity contribution in [2.24, 2.45) is 0 Å². The van der Waals surface area contributed by atoms with E-state index in [0.717, 1.165) is 24.4 Å². The molecule has 0 amide bonds. The molecule has 0 spiro atoms. The van der Waals surface area contributed by atoms with Crippen LogP contribution in [0.15, 0.2) is 6.07 Å². The Morgan fingerprint density at radius 1 is 1.22 bits per heavy atom. The summed E-state index contributed by atoms with van der Waals surface area (Å²) in [6.07, 6.45) is 8.33. The first-order valence-electron chi connectivity index (χ1n) is 7.01. The Balaban J connectivity index is 1.93. The van der Waals surface area contributed by atoms with E-state index in [-0.39, 0.29) is 5.41 Å². The van der Waals surface area contributed by atoms with Crippen LogP contribution in [0.4, 0.5) is 0 Å². The molecule has 0 atom stereocenters. The van der Waals surface area contributed by atoms with Crippen LogP contribution >= 0.6 is 0 Å². The van der Waals surface area contributed by atoms with E-state index in [9.17, 15) is 5.26 Å². The molecule has 0 bridgehead atoms. The van der Waals surface area contributed by atoms with Gasteiger partial charge in [-0.25, -0.2) is 9.97 Å². The third-order valence-corrected chi connectivity index (χ3v) is 4.29. The highest BCUT2D eigenvalue weighted by Gasteiger charge is 2.48. The van der Waals surface area contributed by atoms with E-state index < -0.39 is 0 Å². The monoisotopic (exact) mass is 241 g/mol. The molecule has 94 valence electrons. The maximum Gasteiger partial charge on any atom is 0.149 e. The number of nitrogens with zero attached hydrogens (tertiary/aromatic N) is 3. The van der Waals surface area contributed by atoms with Crippen molar-refractivity contribution in [3.8, 4) is 6.07 Å². The summed E-state index contributed by atoms with van der Waals surface area (Å²) in [6.45, 7) is 2.02. The summed E-state index contributed by atoms with van der Waals surface area (Å²) < 4.78 is 0. The molecule has 0 N–H and O–H groups in total. The van der Waals surface area contributed by atoms with Crippen molar-refractivity contribution in [2.45, 2.75) is 63.2 Å². The van der Waals surface area contributed by atoms with Crippen LogP contribution in [0.25, 0.3) is 0 Å². The molecular formula is C15H19N3. The van der Waals surface area contributed by atoms with Gasteiger partial charge in [0.15, 0.2) is 0 Å². The fourth-order valence-corrected chi connectivity index (χ4v) is 2.92. The van der Waals surface area contributed by atoms with Crippen molar-refractivity contribution >= 4 is 0 Å². The second-order valence-electron chi connectivity index (χ2n) is 5.79. The predicted octanol–water partition coefficient (Wildman–Crippen LogP) is 3.39. The van der Waals surface area contributed by atoms with Gasteiger partial charge in [-0.1, -0.05) is 19.3 Å². The number of aromatic nitrogens is 2. The van der Waals surface area contributed by atoms with E-state index in [4.69, 9.17) is 4.98 Å². The smallest absolute Gasteiger partial charge is 0.149 e. The van der Waals surface area contributed by atoms with Gasteiger partial charge in [0.05, 0.1) is 6.07 Å². The summed E-state index contributed by atoms with van der Waals surface area (Å²) in [5.41, 5.74) is 1.84. The average Bonchev–Trinajstić information content (AvgIpc) is 3.20. The van der Waals surface area contributed by atoms with Crippen LogP contribution in [0.3, 0.4) is 0 Å². The predicted molar refractivity (Wildman–Crippen MR) is 69.1 cm³/mol. The minimum Gasteiger partial charge on any atom is -0.236 e. The van der Waals surface area contributed by atoms with E-state index in [1.807, 2.05) is 6.92 Å². The highest BCUT2D eigenvalue weighted by Crippen LogP contribution is 2.46. The summed E-state index contributed by atoms with van der Waals surface area (Å²) in [4.78, 5) is 9.23. The molecule has 0 radical (unpaired) electrons. The maximum absolute atomic E-state index is 9.27. The van der Waals surface area contributed by atoms with Gasteiger partial charge in [0.1, 0.15) is 11.2 Å². The summed E-state index contributed by atoms with van der Waals surface area (Å²) in [6, 6.07) is 4.52. The molecule has 18 heavy (non-hydrogen) atoms. The van der Waals surface area contributed by atoms with Gasteiger partial charge in [-0.3, -0.25) is 0 Å². The summed E-state index contributed by atoms with van der Waals surface area (Å²) in [7, 11) is 0. The van der Waals surface area contributed by atoms with Crippen molar-refractivity contribution < 1.29 is 0 Å². The first-order chi connectivity index (χ1) is 8.73. The minimum absolute atomic E-state index is 0.352. The van der Waals surface area contributed by atoms with Gasteiger partial charge < -0.3 is 0 Å². The number of rotatable bonds is 2. The molecule has 1 aromatic rings. The van der Waals surface area contributed by atoms with Gasteiger partial charge in [0.2, 0.25) is 0 Å². The molecule has 3 rings (SSSR count). The molecule has 1 aromatic heterocycles. The lowest BCUT2D eigenvalue weighted by molar-refractivity contribution is 0.434. The number of hydrogen-bond acceptors (Lipinski definition) is 3. The van der Waals surface area contributed by atoms with Crippen molar-refractivity contribution in [2.75, 3.05) is 0 Å². The van der Waals surface area contributed by atoms with Crippen LogP contribution in [0, 0.1) is 18.3 Å². The van der Waals surface area contributed by atoms with Crippen molar-refractivity contribution in [3.63, 3.8) is 0 Å². The second kappa shape index (κ2) is 4.35. The normalized spacial score (nSPS) is 22.4. The Morgan fingerprint density at radius 3 is 2.56 bits per heavy atom. The molecule has 2 aliphatic rings. The van der Waals surface area contributed by atoms with E-state index in [0.29, 0.717) is 5.92 Å². The maximum atomic E-state index is 9.27. The number of nitriles is 1. The SMILES string of the molecule is Cc1cc(C2CCCCC2)nc(C2(C#N)CC2)n1. The second-order valence-corrected chi connectivity index (χ2v) is 5.79. The van der Waals surface area contributed by atoms with Gasteiger partial charge >= 0.3 is 0 Å². The van der Waals surface area contributed by atoms with Crippen LogP contribution in [-0.2, 0) is 5.41 Å². The van der Waals surface area contributed by atoms with Gasteiger partial charge in [-0.2, -0.15) is 5.26 Å². The molecule has 2 aliphatic carbocycles. The van der Waals surface area contributed by atoms with E-state index in [2.05, 4.69) is 17.1 Å². The highest BCUT2D eigenvalue weighted by molar-refractivity contribution is 5.31. The van der Waals surface area contributed by atoms with E-state index in [1.165, 1.54) is 37.8 Å². The average molecular weight is 241 g/mol. The third-order valence-electron chi connectivity index (χ3n) is 4.29. The lowest BCUT2D eigenvalue weighted by Crippen LogP contribution is -2.14. The van der Waals surface area contributed by atoms with E-state index >= 15 is 0 Å². The zero-order valence-corrected chi connectivity index (χ0v) is 10.9. The Kier molecular flexibility index (Phi) is 2.81. The molecule has 3 nitrogen and oxygen atoms in total. The van der Waals surface area contributed by atoms with Crippen LogP contribution in [0.2, 0.25) is 0 Å². The van der Waals surface area contributed by atoms with Crippen LogP contribution in [0.5, 0.6) is 0 Å². The lowest BCUT2D eigenvalue weighted by atomic mass is 9.86. The van der Waals surface area contributed by atoms with Crippen LogP contribution in [-0.4, -0.2) is 9.97 Å². The Morgan fingerprint density at radius 2 is 1.94 bits per heavy atom. The van der Waals surface area contributed by atoms with Gasteiger partial charge in [-0.15, -0.1) is 0 Å². The fourth-order valence-electron chi connectivity index (χ4n) is 2.92. The molecule has 0 saturated heterocycles. The minimum atomic E-state index is -0.352. The first-order valence-corrected chi connectivity index (χ1v) is 7.01.